The number of ether oxygens (including phenoxy) is 1. The Morgan fingerprint density at radius 1 is 1.38 bits per heavy atom. The predicted octanol–water partition coefficient (Wildman–Crippen LogP) is 1.54. The zero-order valence-electron chi connectivity index (χ0n) is 5.30. The van der Waals surface area contributed by atoms with Gasteiger partial charge in [0.2, 0.25) is 0 Å². The molecule has 0 aliphatic carbocycles. The van der Waals surface area contributed by atoms with Crippen molar-refractivity contribution in [2.45, 2.75) is 26.4 Å². The molecule has 0 amide bonds. The van der Waals surface area contributed by atoms with Gasteiger partial charge in [0, 0.05) is 0 Å². The van der Waals surface area contributed by atoms with Crippen molar-refractivity contribution < 1.29 is 9.53 Å². The second kappa shape index (κ2) is 3.89. The van der Waals surface area contributed by atoms with Crippen molar-refractivity contribution in [1.29, 1.82) is 0 Å². The van der Waals surface area contributed by atoms with Crippen LogP contribution in [0.15, 0.2) is 0 Å². The monoisotopic (exact) mass is 182 g/mol. The van der Waals surface area contributed by atoms with Crippen molar-refractivity contribution in [3.63, 3.8) is 0 Å². The molecular weight excluding hydrogens is 172 g/mol. The van der Waals surface area contributed by atoms with Crippen LogP contribution in [0.1, 0.15) is 20.8 Å². The van der Waals surface area contributed by atoms with Gasteiger partial charge in [-0.05, 0) is 20.8 Å². The Hall–Kier alpha value is -0.0500. The van der Waals surface area contributed by atoms with Crippen LogP contribution in [0.3, 0.4) is 0 Å². The number of rotatable bonds is 1. The molecule has 0 N–H and O–H groups in total. The van der Waals surface area contributed by atoms with E-state index in [0.29, 0.717) is 6.47 Å². The van der Waals surface area contributed by atoms with Crippen molar-refractivity contribution in [1.82, 2.24) is 0 Å². The molecule has 0 rings (SSSR count). The lowest BCUT2D eigenvalue weighted by atomic mass is 10.2. The molecule has 0 aromatic heterocycles. The molecule has 0 radical (unpaired) electrons. The van der Waals surface area contributed by atoms with Crippen molar-refractivity contribution in [3.8, 4) is 0 Å². The third-order valence-electron chi connectivity index (χ3n) is 0.402. The molecule has 0 unspecified atom stereocenters. The van der Waals surface area contributed by atoms with Gasteiger partial charge in [-0.3, -0.25) is 4.79 Å². The Balaban J connectivity index is 0. The van der Waals surface area contributed by atoms with Gasteiger partial charge in [0.25, 0.3) is 6.47 Å². The van der Waals surface area contributed by atoms with Gasteiger partial charge in [0.15, 0.2) is 0 Å². The van der Waals surface area contributed by atoms with Crippen LogP contribution in [-0.4, -0.2) is 12.1 Å². The average molecular weight is 183 g/mol. The minimum Gasteiger partial charge on any atom is -0.462 e. The summed E-state index contributed by atoms with van der Waals surface area (Å²) in [5.74, 6) is 0. The lowest BCUT2D eigenvalue weighted by molar-refractivity contribution is -0.138. The van der Waals surface area contributed by atoms with Crippen LogP contribution < -0.4 is 0 Å². The van der Waals surface area contributed by atoms with E-state index in [1.807, 2.05) is 20.8 Å². The second-order valence-corrected chi connectivity index (χ2v) is 2.33. The Labute approximate surface area is 60.0 Å². The van der Waals surface area contributed by atoms with Gasteiger partial charge in [0.05, 0.1) is 0 Å². The third kappa shape index (κ3) is 9.34. The summed E-state index contributed by atoms with van der Waals surface area (Å²) in [5.41, 5.74) is -0.318. The van der Waals surface area contributed by atoms with Gasteiger partial charge in [-0.2, -0.15) is 0 Å². The Kier molecular flexibility index (Phi) is 5.28. The molecule has 0 aromatic carbocycles. The van der Waals surface area contributed by atoms with Gasteiger partial charge >= 0.3 is 0 Å². The SMILES string of the molecule is Br.CC(C)(C)OC=O. The number of halogens is 1. The number of hydrogen-bond donors (Lipinski definition) is 0. The maximum Gasteiger partial charge on any atom is 0.293 e. The molecule has 0 atom stereocenters. The summed E-state index contributed by atoms with van der Waals surface area (Å²) < 4.78 is 4.55. The molecule has 0 fully saturated rings. The van der Waals surface area contributed by atoms with E-state index in [-0.39, 0.29) is 22.6 Å². The molecule has 0 aromatic rings. The molecule has 0 aliphatic rings. The first-order chi connectivity index (χ1) is 3.06. The summed E-state index contributed by atoms with van der Waals surface area (Å²) >= 11 is 0. The summed E-state index contributed by atoms with van der Waals surface area (Å²) in [4.78, 5) is 9.60. The van der Waals surface area contributed by atoms with E-state index in [2.05, 4.69) is 4.74 Å². The Morgan fingerprint density at radius 2 is 1.75 bits per heavy atom. The fraction of sp³-hybridized carbons (Fsp3) is 0.800. The lowest BCUT2D eigenvalue weighted by Crippen LogP contribution is -2.17. The number of carbonyl (C=O) groups excluding carboxylic acids is 1. The van der Waals surface area contributed by atoms with Gasteiger partial charge in [-0.15, -0.1) is 17.0 Å². The molecule has 8 heavy (non-hydrogen) atoms. The standard InChI is InChI=1S/C5H10O2.BrH/c1-5(2,3)7-4-6;/h4H,1-3H3;1H. The minimum atomic E-state index is -0.318. The molecule has 0 heterocycles. The minimum absolute atomic E-state index is 0. The van der Waals surface area contributed by atoms with Crippen LogP contribution in [0.5, 0.6) is 0 Å². The maximum absolute atomic E-state index is 9.60. The van der Waals surface area contributed by atoms with Crippen LogP contribution in [0.2, 0.25) is 0 Å². The van der Waals surface area contributed by atoms with E-state index in [9.17, 15) is 4.79 Å². The van der Waals surface area contributed by atoms with Crippen LogP contribution in [0.4, 0.5) is 0 Å². The molecule has 3 heteroatoms. The smallest absolute Gasteiger partial charge is 0.293 e. The highest BCUT2D eigenvalue weighted by atomic mass is 79.9. The Bertz CT molecular complexity index is 65.3. The maximum atomic E-state index is 9.60. The van der Waals surface area contributed by atoms with Crippen LogP contribution >= 0.6 is 17.0 Å². The second-order valence-electron chi connectivity index (χ2n) is 2.33. The van der Waals surface area contributed by atoms with E-state index in [4.69, 9.17) is 0 Å². The largest absolute Gasteiger partial charge is 0.462 e. The first kappa shape index (κ1) is 10.8. The third-order valence-corrected chi connectivity index (χ3v) is 0.402. The fourth-order valence-corrected chi connectivity index (χ4v) is 0.144. The highest BCUT2D eigenvalue weighted by molar-refractivity contribution is 8.93. The topological polar surface area (TPSA) is 26.3 Å². The fourth-order valence-electron chi connectivity index (χ4n) is 0.144. The van der Waals surface area contributed by atoms with E-state index in [1.165, 1.54) is 0 Å². The quantitative estimate of drug-likeness (QED) is 0.576. The van der Waals surface area contributed by atoms with Crippen LogP contribution in [-0.2, 0) is 9.53 Å². The van der Waals surface area contributed by atoms with Gasteiger partial charge in [-0.25, -0.2) is 0 Å². The number of hydrogen-bond acceptors (Lipinski definition) is 2. The molecule has 2 nitrogen and oxygen atoms in total. The summed E-state index contributed by atoms with van der Waals surface area (Å²) in [5, 5.41) is 0. The van der Waals surface area contributed by atoms with Gasteiger partial charge < -0.3 is 4.74 Å². The Morgan fingerprint density at radius 3 is 1.75 bits per heavy atom. The van der Waals surface area contributed by atoms with Crippen LogP contribution in [0, 0.1) is 0 Å². The van der Waals surface area contributed by atoms with E-state index >= 15 is 0 Å². The zero-order valence-corrected chi connectivity index (χ0v) is 7.02. The van der Waals surface area contributed by atoms with Gasteiger partial charge in [0.1, 0.15) is 5.60 Å². The molecule has 0 saturated heterocycles. The van der Waals surface area contributed by atoms with Crippen molar-refractivity contribution in [2.75, 3.05) is 0 Å². The highest BCUT2D eigenvalue weighted by Gasteiger charge is 2.07. The number of carbonyl (C=O) groups is 1. The normalized spacial score (nSPS) is 9.38. The first-order valence-electron chi connectivity index (χ1n) is 2.18. The molecule has 50 valence electrons. The molecule has 0 aliphatic heterocycles. The van der Waals surface area contributed by atoms with E-state index < -0.39 is 0 Å². The molecule has 0 bridgehead atoms. The van der Waals surface area contributed by atoms with Crippen molar-refractivity contribution >= 4 is 23.5 Å². The van der Waals surface area contributed by atoms with E-state index in [0.717, 1.165) is 0 Å². The summed E-state index contributed by atoms with van der Waals surface area (Å²) in [6.07, 6.45) is 0. The molecule has 0 spiro atoms. The van der Waals surface area contributed by atoms with E-state index in [1.54, 1.807) is 0 Å². The summed E-state index contributed by atoms with van der Waals surface area (Å²) in [6.45, 7) is 5.92. The summed E-state index contributed by atoms with van der Waals surface area (Å²) in [7, 11) is 0. The highest BCUT2D eigenvalue weighted by Crippen LogP contribution is 2.02. The van der Waals surface area contributed by atoms with Crippen LogP contribution in [0.25, 0.3) is 0 Å². The molecule has 0 saturated carbocycles. The summed E-state index contributed by atoms with van der Waals surface area (Å²) in [6, 6.07) is 0. The molecular formula is C5H11BrO2. The average Bonchev–Trinajstić information content (AvgIpc) is 1.30. The predicted molar refractivity (Wildman–Crippen MR) is 37.2 cm³/mol. The van der Waals surface area contributed by atoms with Crippen molar-refractivity contribution in [3.05, 3.63) is 0 Å². The van der Waals surface area contributed by atoms with Gasteiger partial charge in [-0.1, -0.05) is 0 Å². The van der Waals surface area contributed by atoms with Crippen molar-refractivity contribution in [2.24, 2.45) is 0 Å². The first-order valence-corrected chi connectivity index (χ1v) is 2.18. The lowest BCUT2D eigenvalue weighted by Gasteiger charge is -2.14. The zero-order chi connectivity index (χ0) is 5.91.